The van der Waals surface area contributed by atoms with Crippen LogP contribution in [0.4, 0.5) is 0 Å². The Hall–Kier alpha value is -2.56. The van der Waals surface area contributed by atoms with E-state index in [4.69, 9.17) is 4.74 Å². The van der Waals surface area contributed by atoms with Crippen LogP contribution in [0.2, 0.25) is 0 Å². The van der Waals surface area contributed by atoms with Crippen molar-refractivity contribution in [1.82, 2.24) is 10.2 Å². The monoisotopic (exact) mass is 312 g/mol. The van der Waals surface area contributed by atoms with Crippen molar-refractivity contribution < 1.29 is 14.3 Å². The number of carbonyl (C=O) groups excluding carboxylic acids is 2. The van der Waals surface area contributed by atoms with Crippen LogP contribution >= 0.6 is 0 Å². The number of benzene rings is 2. The Labute approximate surface area is 135 Å². The predicted octanol–water partition coefficient (Wildman–Crippen LogP) is 1.91. The molecule has 1 N–H and O–H groups in total. The van der Waals surface area contributed by atoms with Gasteiger partial charge in [0.05, 0.1) is 19.6 Å². The van der Waals surface area contributed by atoms with E-state index in [0.717, 1.165) is 22.1 Å². The Balaban J connectivity index is 1.83. The number of hydrogen-bond donors (Lipinski definition) is 1. The van der Waals surface area contributed by atoms with Gasteiger partial charge in [-0.1, -0.05) is 24.3 Å². The van der Waals surface area contributed by atoms with Gasteiger partial charge in [-0.3, -0.25) is 9.59 Å². The minimum Gasteiger partial charge on any atom is -0.497 e. The maximum Gasteiger partial charge on any atom is 0.239 e. The van der Waals surface area contributed by atoms with Crippen molar-refractivity contribution in [2.45, 2.75) is 12.8 Å². The van der Waals surface area contributed by atoms with Gasteiger partial charge in [0.1, 0.15) is 5.75 Å². The number of rotatable bonds is 3. The molecule has 3 rings (SSSR count). The number of methoxy groups -OCH3 is 1. The molecule has 1 saturated heterocycles. The molecule has 1 heterocycles. The van der Waals surface area contributed by atoms with E-state index in [2.05, 4.69) is 5.32 Å². The predicted molar refractivity (Wildman–Crippen MR) is 88.5 cm³/mol. The number of nitrogens with one attached hydrogen (secondary N) is 1. The molecule has 1 atom stereocenters. The zero-order valence-corrected chi connectivity index (χ0v) is 13.3. The molecular formula is C18H20N2O3. The molecule has 1 aliphatic rings. The van der Waals surface area contributed by atoms with Crippen LogP contribution in [-0.4, -0.2) is 43.5 Å². The van der Waals surface area contributed by atoms with Crippen molar-refractivity contribution in [3.05, 3.63) is 42.0 Å². The first-order valence-corrected chi connectivity index (χ1v) is 7.71. The third kappa shape index (κ3) is 3.13. The average molecular weight is 312 g/mol. The first-order chi connectivity index (χ1) is 11.1. The molecule has 2 aromatic rings. The fourth-order valence-electron chi connectivity index (χ4n) is 2.88. The van der Waals surface area contributed by atoms with Gasteiger partial charge in [-0.2, -0.15) is 0 Å². The maximum atomic E-state index is 12.6. The van der Waals surface area contributed by atoms with Crippen LogP contribution in [0.3, 0.4) is 0 Å². The number of piperazine rings is 1. The van der Waals surface area contributed by atoms with E-state index in [-0.39, 0.29) is 24.3 Å². The van der Waals surface area contributed by atoms with Crippen molar-refractivity contribution >= 4 is 22.6 Å². The minimum atomic E-state index is -0.271. The molecule has 120 valence electrons. The molecule has 0 radical (unpaired) electrons. The van der Waals surface area contributed by atoms with Crippen molar-refractivity contribution in [2.75, 3.05) is 26.7 Å². The van der Waals surface area contributed by atoms with Crippen LogP contribution in [0, 0.1) is 0 Å². The van der Waals surface area contributed by atoms with Crippen molar-refractivity contribution in [3.8, 4) is 5.75 Å². The largest absolute Gasteiger partial charge is 0.497 e. The second-order valence-electron chi connectivity index (χ2n) is 5.80. The Bertz CT molecular complexity index is 757. The summed E-state index contributed by atoms with van der Waals surface area (Å²) in [5.74, 6) is 0.441. The summed E-state index contributed by atoms with van der Waals surface area (Å²) in [6.45, 7) is 3.13. The van der Waals surface area contributed by atoms with Gasteiger partial charge in [0.25, 0.3) is 0 Å². The molecule has 0 aliphatic carbocycles. The first-order valence-electron chi connectivity index (χ1n) is 7.71. The van der Waals surface area contributed by atoms with E-state index in [1.807, 2.05) is 43.3 Å². The molecule has 1 aliphatic heterocycles. The second-order valence-corrected chi connectivity index (χ2v) is 5.80. The molecule has 1 unspecified atom stereocenters. The van der Waals surface area contributed by atoms with Gasteiger partial charge in [0.15, 0.2) is 0 Å². The van der Waals surface area contributed by atoms with Crippen LogP contribution in [-0.2, 0) is 9.59 Å². The molecule has 0 saturated carbocycles. The highest BCUT2D eigenvalue weighted by molar-refractivity contribution is 5.91. The molecule has 5 heteroatoms. The average Bonchev–Trinajstić information content (AvgIpc) is 2.59. The van der Waals surface area contributed by atoms with Crippen LogP contribution in [0.15, 0.2) is 36.4 Å². The lowest BCUT2D eigenvalue weighted by molar-refractivity contribution is -0.139. The van der Waals surface area contributed by atoms with Gasteiger partial charge >= 0.3 is 0 Å². The quantitative estimate of drug-likeness (QED) is 0.942. The molecule has 5 nitrogen and oxygen atoms in total. The highest BCUT2D eigenvalue weighted by atomic mass is 16.5. The molecule has 0 bridgehead atoms. The fourth-order valence-corrected chi connectivity index (χ4v) is 2.88. The summed E-state index contributed by atoms with van der Waals surface area (Å²) < 4.78 is 5.23. The van der Waals surface area contributed by atoms with Crippen LogP contribution in [0.5, 0.6) is 5.75 Å². The summed E-state index contributed by atoms with van der Waals surface area (Å²) in [5.41, 5.74) is 0.957. The second kappa shape index (κ2) is 6.28. The molecule has 0 aromatic heterocycles. The van der Waals surface area contributed by atoms with Crippen LogP contribution in [0.1, 0.15) is 18.4 Å². The summed E-state index contributed by atoms with van der Waals surface area (Å²) in [6.07, 6.45) is 0. The summed E-state index contributed by atoms with van der Waals surface area (Å²) in [7, 11) is 1.64. The third-order valence-electron chi connectivity index (χ3n) is 4.29. The normalized spacial score (nSPS) is 16.1. The molecule has 23 heavy (non-hydrogen) atoms. The van der Waals surface area contributed by atoms with Gasteiger partial charge < -0.3 is 15.0 Å². The SMILES string of the molecule is COc1ccc2cc(C(C)C(=O)N3CCNC(=O)C3)ccc2c1. The summed E-state index contributed by atoms with van der Waals surface area (Å²) in [6, 6.07) is 11.9. The molecule has 2 aromatic carbocycles. The van der Waals surface area contributed by atoms with Crippen molar-refractivity contribution in [2.24, 2.45) is 0 Å². The van der Waals surface area contributed by atoms with Gasteiger partial charge in [0, 0.05) is 13.1 Å². The minimum absolute atomic E-state index is 0.00675. The highest BCUT2D eigenvalue weighted by Crippen LogP contribution is 2.26. The fraction of sp³-hybridized carbons (Fsp3) is 0.333. The molecular weight excluding hydrogens is 292 g/mol. The van der Waals surface area contributed by atoms with E-state index in [1.54, 1.807) is 12.0 Å². The zero-order chi connectivity index (χ0) is 16.4. The van der Waals surface area contributed by atoms with Gasteiger partial charge in [-0.15, -0.1) is 0 Å². The molecule has 1 fully saturated rings. The summed E-state index contributed by atoms with van der Waals surface area (Å²) >= 11 is 0. The topological polar surface area (TPSA) is 58.6 Å². The Morgan fingerprint density at radius 2 is 1.96 bits per heavy atom. The maximum absolute atomic E-state index is 12.6. The number of nitrogens with zero attached hydrogens (tertiary/aromatic N) is 1. The van der Waals surface area contributed by atoms with Gasteiger partial charge in [-0.25, -0.2) is 0 Å². The van der Waals surface area contributed by atoms with E-state index in [1.165, 1.54) is 0 Å². The van der Waals surface area contributed by atoms with Gasteiger partial charge in [0.2, 0.25) is 11.8 Å². The van der Waals surface area contributed by atoms with E-state index < -0.39 is 0 Å². The Morgan fingerprint density at radius 3 is 2.70 bits per heavy atom. The smallest absolute Gasteiger partial charge is 0.239 e. The highest BCUT2D eigenvalue weighted by Gasteiger charge is 2.26. The van der Waals surface area contributed by atoms with E-state index in [0.29, 0.717) is 13.1 Å². The number of amides is 2. The lowest BCUT2D eigenvalue weighted by Crippen LogP contribution is -2.50. The van der Waals surface area contributed by atoms with Crippen LogP contribution in [0.25, 0.3) is 10.8 Å². The van der Waals surface area contributed by atoms with Crippen molar-refractivity contribution in [3.63, 3.8) is 0 Å². The number of fused-ring (bicyclic) bond motifs is 1. The lowest BCUT2D eigenvalue weighted by Gasteiger charge is -2.29. The van der Waals surface area contributed by atoms with E-state index >= 15 is 0 Å². The van der Waals surface area contributed by atoms with Gasteiger partial charge in [-0.05, 0) is 35.4 Å². The Morgan fingerprint density at radius 1 is 1.22 bits per heavy atom. The molecule has 2 amide bonds. The number of hydrogen-bond acceptors (Lipinski definition) is 3. The zero-order valence-electron chi connectivity index (χ0n) is 13.3. The molecule has 0 spiro atoms. The standard InChI is InChI=1S/C18H20N2O3/c1-12(18(22)20-8-7-19-17(21)11-20)13-3-4-15-10-16(23-2)6-5-14(15)9-13/h3-6,9-10,12H,7-8,11H2,1-2H3,(H,19,21). The van der Waals surface area contributed by atoms with Crippen molar-refractivity contribution in [1.29, 1.82) is 0 Å². The lowest BCUT2D eigenvalue weighted by atomic mass is 9.96. The Kier molecular flexibility index (Phi) is 4.19. The summed E-state index contributed by atoms with van der Waals surface area (Å²) in [4.78, 5) is 25.7. The third-order valence-corrected chi connectivity index (χ3v) is 4.29. The van der Waals surface area contributed by atoms with Crippen LogP contribution < -0.4 is 10.1 Å². The number of carbonyl (C=O) groups is 2. The summed E-state index contributed by atoms with van der Waals surface area (Å²) in [5, 5.41) is 4.88. The number of ether oxygens (including phenoxy) is 1. The van der Waals surface area contributed by atoms with E-state index in [9.17, 15) is 9.59 Å². The first kappa shape index (κ1) is 15.3.